The zero-order chi connectivity index (χ0) is 14.0. The summed E-state index contributed by atoms with van der Waals surface area (Å²) in [6.45, 7) is 3.98. The smallest absolute Gasteiger partial charge is 0.251 e. The maximum atomic E-state index is 11.7. The summed E-state index contributed by atoms with van der Waals surface area (Å²) >= 11 is 5.92. The van der Waals surface area contributed by atoms with Crippen molar-refractivity contribution in [2.24, 2.45) is 0 Å². The molecule has 2 aromatic rings. The number of H-pyrrole nitrogens is 1. The first-order valence-electron chi connectivity index (χ1n) is 5.96. The zero-order valence-electron chi connectivity index (χ0n) is 11.0. The number of nitrogens with zero attached hydrogens (tertiary/aromatic N) is 1. The third-order valence-corrected chi connectivity index (χ3v) is 3.01. The molecule has 1 N–H and O–H groups in total. The van der Waals surface area contributed by atoms with E-state index in [0.29, 0.717) is 22.2 Å². The lowest BCUT2D eigenvalue weighted by atomic mass is 10.1. The normalized spacial score (nSPS) is 10.8. The fourth-order valence-corrected chi connectivity index (χ4v) is 1.92. The molecule has 2 rings (SSSR count). The fourth-order valence-electron chi connectivity index (χ4n) is 1.76. The van der Waals surface area contributed by atoms with Crippen LogP contribution in [0.3, 0.4) is 0 Å². The molecular formula is C14H15ClN2O2. The molecule has 0 atom stereocenters. The highest BCUT2D eigenvalue weighted by atomic mass is 35.5. The quantitative estimate of drug-likeness (QED) is 0.938. The van der Waals surface area contributed by atoms with Gasteiger partial charge in [0, 0.05) is 11.1 Å². The average Bonchev–Trinajstić information content (AvgIpc) is 2.37. The van der Waals surface area contributed by atoms with Crippen LogP contribution in [0.15, 0.2) is 29.1 Å². The molecule has 0 radical (unpaired) electrons. The second-order valence-electron chi connectivity index (χ2n) is 4.52. The minimum Gasteiger partial charge on any atom is -0.496 e. The minimum absolute atomic E-state index is 0.175. The molecule has 19 heavy (non-hydrogen) atoms. The van der Waals surface area contributed by atoms with Crippen molar-refractivity contribution >= 4 is 11.6 Å². The largest absolute Gasteiger partial charge is 0.496 e. The maximum absolute atomic E-state index is 11.7. The van der Waals surface area contributed by atoms with Gasteiger partial charge >= 0.3 is 0 Å². The van der Waals surface area contributed by atoms with Crippen LogP contribution < -0.4 is 10.3 Å². The van der Waals surface area contributed by atoms with Crippen LogP contribution in [-0.2, 0) is 0 Å². The van der Waals surface area contributed by atoms with E-state index in [1.165, 1.54) is 6.07 Å². The van der Waals surface area contributed by atoms with Gasteiger partial charge < -0.3 is 9.72 Å². The van der Waals surface area contributed by atoms with E-state index in [4.69, 9.17) is 16.3 Å². The Bertz CT molecular complexity index is 650. The highest BCUT2D eigenvalue weighted by Crippen LogP contribution is 2.30. The van der Waals surface area contributed by atoms with Crippen LogP contribution in [0.5, 0.6) is 5.75 Å². The number of methoxy groups -OCH3 is 1. The Morgan fingerprint density at radius 3 is 2.68 bits per heavy atom. The van der Waals surface area contributed by atoms with Gasteiger partial charge in [0.1, 0.15) is 11.6 Å². The van der Waals surface area contributed by atoms with Crippen LogP contribution in [0.1, 0.15) is 25.5 Å². The van der Waals surface area contributed by atoms with Crippen LogP contribution >= 0.6 is 11.6 Å². The molecule has 1 heterocycles. The number of hydrogen-bond donors (Lipinski definition) is 1. The molecule has 4 nitrogen and oxygen atoms in total. The molecule has 1 aromatic carbocycles. The second kappa shape index (κ2) is 5.45. The molecule has 1 aromatic heterocycles. The molecule has 0 aliphatic heterocycles. The summed E-state index contributed by atoms with van der Waals surface area (Å²) in [5.74, 6) is 1.25. The Morgan fingerprint density at radius 1 is 1.32 bits per heavy atom. The Hall–Kier alpha value is -1.81. The van der Waals surface area contributed by atoms with Crippen LogP contribution in [-0.4, -0.2) is 17.1 Å². The predicted octanol–water partition coefficient (Wildman–Crippen LogP) is 3.22. The lowest BCUT2D eigenvalue weighted by Crippen LogP contribution is -2.11. The average molecular weight is 279 g/mol. The molecule has 0 bridgehead atoms. The summed E-state index contributed by atoms with van der Waals surface area (Å²) in [5, 5.41) is 0.572. The van der Waals surface area contributed by atoms with Gasteiger partial charge in [0.2, 0.25) is 0 Å². The van der Waals surface area contributed by atoms with Gasteiger partial charge in [-0.3, -0.25) is 4.79 Å². The molecule has 0 spiro atoms. The van der Waals surface area contributed by atoms with Crippen LogP contribution in [0.25, 0.3) is 11.4 Å². The van der Waals surface area contributed by atoms with E-state index in [1.54, 1.807) is 25.3 Å². The monoisotopic (exact) mass is 278 g/mol. The first kappa shape index (κ1) is 13.6. The molecule has 5 heteroatoms. The van der Waals surface area contributed by atoms with Crippen molar-refractivity contribution in [3.8, 4) is 17.1 Å². The number of aromatic nitrogens is 2. The number of nitrogens with one attached hydrogen (secondary N) is 1. The van der Waals surface area contributed by atoms with Gasteiger partial charge in [-0.1, -0.05) is 25.4 Å². The van der Waals surface area contributed by atoms with Crippen molar-refractivity contribution in [3.05, 3.63) is 45.3 Å². The Morgan fingerprint density at radius 2 is 2.05 bits per heavy atom. The molecule has 100 valence electrons. The van der Waals surface area contributed by atoms with Gasteiger partial charge in [-0.25, -0.2) is 4.98 Å². The van der Waals surface area contributed by atoms with E-state index >= 15 is 0 Å². The van der Waals surface area contributed by atoms with Crippen LogP contribution in [0.4, 0.5) is 0 Å². The van der Waals surface area contributed by atoms with Crippen molar-refractivity contribution in [2.75, 3.05) is 7.11 Å². The Balaban J connectivity index is 2.61. The first-order valence-corrected chi connectivity index (χ1v) is 6.34. The van der Waals surface area contributed by atoms with E-state index < -0.39 is 0 Å². The molecule has 0 fully saturated rings. The number of benzene rings is 1. The molecule has 0 aliphatic carbocycles. The van der Waals surface area contributed by atoms with Crippen molar-refractivity contribution < 1.29 is 4.74 Å². The standard InChI is InChI=1S/C14H15ClN2O2/c1-8(2)11-7-13(18)17-14(16-11)10-5-4-9(15)6-12(10)19-3/h4-8H,1-3H3,(H,16,17,18). The lowest BCUT2D eigenvalue weighted by Gasteiger charge is -2.10. The van der Waals surface area contributed by atoms with E-state index in [2.05, 4.69) is 9.97 Å². The van der Waals surface area contributed by atoms with Crippen LogP contribution in [0.2, 0.25) is 5.02 Å². The zero-order valence-corrected chi connectivity index (χ0v) is 11.8. The summed E-state index contributed by atoms with van der Waals surface area (Å²) in [4.78, 5) is 18.9. The summed E-state index contributed by atoms with van der Waals surface area (Å²) < 4.78 is 5.27. The fraction of sp³-hybridized carbons (Fsp3) is 0.286. The van der Waals surface area contributed by atoms with Gasteiger partial charge in [-0.15, -0.1) is 0 Å². The lowest BCUT2D eigenvalue weighted by molar-refractivity contribution is 0.416. The minimum atomic E-state index is -0.175. The van der Waals surface area contributed by atoms with Gasteiger partial charge in [0.25, 0.3) is 5.56 Å². The Labute approximate surface area is 116 Å². The first-order chi connectivity index (χ1) is 9.01. The molecule has 0 saturated heterocycles. The highest BCUT2D eigenvalue weighted by Gasteiger charge is 2.11. The molecule has 0 unspecified atom stereocenters. The van der Waals surface area contributed by atoms with E-state index in [-0.39, 0.29) is 11.5 Å². The van der Waals surface area contributed by atoms with Crippen molar-refractivity contribution in [3.63, 3.8) is 0 Å². The molecule has 0 saturated carbocycles. The number of hydrogen-bond acceptors (Lipinski definition) is 3. The number of halogens is 1. The van der Waals surface area contributed by atoms with Gasteiger partial charge in [0.15, 0.2) is 0 Å². The van der Waals surface area contributed by atoms with Crippen molar-refractivity contribution in [1.82, 2.24) is 9.97 Å². The SMILES string of the molecule is COc1cc(Cl)ccc1-c1nc(C(C)C)cc(=O)[nH]1. The summed E-state index contributed by atoms with van der Waals surface area (Å²) in [5.41, 5.74) is 1.29. The number of ether oxygens (including phenoxy) is 1. The number of aromatic amines is 1. The van der Waals surface area contributed by atoms with Crippen LogP contribution in [0, 0.1) is 0 Å². The second-order valence-corrected chi connectivity index (χ2v) is 4.95. The van der Waals surface area contributed by atoms with Crippen molar-refractivity contribution in [1.29, 1.82) is 0 Å². The highest BCUT2D eigenvalue weighted by molar-refractivity contribution is 6.30. The van der Waals surface area contributed by atoms with Gasteiger partial charge in [-0.2, -0.15) is 0 Å². The Kier molecular flexibility index (Phi) is 3.90. The van der Waals surface area contributed by atoms with Gasteiger partial charge in [-0.05, 0) is 24.1 Å². The molecular weight excluding hydrogens is 264 g/mol. The maximum Gasteiger partial charge on any atom is 0.251 e. The van der Waals surface area contributed by atoms with E-state index in [1.807, 2.05) is 13.8 Å². The van der Waals surface area contributed by atoms with Gasteiger partial charge in [0.05, 0.1) is 18.4 Å². The topological polar surface area (TPSA) is 55.0 Å². The summed E-state index contributed by atoms with van der Waals surface area (Å²) in [6.07, 6.45) is 0. The molecule has 0 amide bonds. The number of rotatable bonds is 3. The predicted molar refractivity (Wildman–Crippen MR) is 75.9 cm³/mol. The summed E-state index contributed by atoms with van der Waals surface area (Å²) in [6, 6.07) is 6.72. The van der Waals surface area contributed by atoms with E-state index in [0.717, 1.165) is 5.69 Å². The van der Waals surface area contributed by atoms with E-state index in [9.17, 15) is 4.79 Å². The van der Waals surface area contributed by atoms with Crippen molar-refractivity contribution in [2.45, 2.75) is 19.8 Å². The molecule has 0 aliphatic rings. The third-order valence-electron chi connectivity index (χ3n) is 2.77. The summed E-state index contributed by atoms with van der Waals surface area (Å²) in [7, 11) is 1.56. The third kappa shape index (κ3) is 2.96.